The van der Waals surface area contributed by atoms with Crippen molar-refractivity contribution in [3.63, 3.8) is 0 Å². The van der Waals surface area contributed by atoms with Crippen LogP contribution in [0.25, 0.3) is 0 Å². The van der Waals surface area contributed by atoms with Crippen molar-refractivity contribution < 1.29 is 4.42 Å². The summed E-state index contributed by atoms with van der Waals surface area (Å²) in [6.07, 6.45) is 0.968. The smallest absolute Gasteiger partial charge is 0.276 e. The Morgan fingerprint density at radius 1 is 1.27 bits per heavy atom. The average Bonchev–Trinajstić information content (AvgIpc) is 2.95. The van der Waals surface area contributed by atoms with Gasteiger partial charge in [-0.25, -0.2) is 0 Å². The predicted molar refractivity (Wildman–Crippen MR) is 94.0 cm³/mol. The molecule has 8 heteroatoms. The summed E-state index contributed by atoms with van der Waals surface area (Å²) >= 11 is 13.3. The first-order valence-corrected chi connectivity index (χ1v) is 8.41. The van der Waals surface area contributed by atoms with Crippen LogP contribution in [0, 0.1) is 5.92 Å². The van der Waals surface area contributed by atoms with Gasteiger partial charge in [0.2, 0.25) is 5.89 Å². The van der Waals surface area contributed by atoms with Crippen molar-refractivity contribution >= 4 is 47.4 Å². The minimum Gasteiger partial charge on any atom is -0.414 e. The molecule has 0 aliphatic rings. The van der Waals surface area contributed by atoms with Gasteiger partial charge in [-0.1, -0.05) is 61.3 Å². The quantitative estimate of drug-likeness (QED) is 0.701. The van der Waals surface area contributed by atoms with Gasteiger partial charge < -0.3 is 10.2 Å². The van der Waals surface area contributed by atoms with Crippen molar-refractivity contribution in [2.75, 3.05) is 0 Å². The van der Waals surface area contributed by atoms with Crippen molar-refractivity contribution in [2.45, 2.75) is 37.3 Å². The maximum Gasteiger partial charge on any atom is 0.276 e. The second-order valence-electron chi connectivity index (χ2n) is 4.85. The van der Waals surface area contributed by atoms with E-state index in [4.69, 9.17) is 33.4 Å². The van der Waals surface area contributed by atoms with Gasteiger partial charge in [0.15, 0.2) is 0 Å². The summed E-state index contributed by atoms with van der Waals surface area (Å²) in [4.78, 5) is 0. The second-order valence-corrected chi connectivity index (χ2v) is 6.60. The van der Waals surface area contributed by atoms with Crippen molar-refractivity contribution in [2.24, 2.45) is 11.7 Å². The molecule has 2 N–H and O–H groups in total. The Hall–Kier alpha value is -0.460. The predicted octanol–water partition coefficient (Wildman–Crippen LogP) is 5.14. The molecule has 0 bridgehead atoms. The van der Waals surface area contributed by atoms with Crippen molar-refractivity contribution in [3.8, 4) is 0 Å². The molecule has 0 aliphatic heterocycles. The molecule has 0 radical (unpaired) electrons. The van der Waals surface area contributed by atoms with E-state index in [1.807, 2.05) is 12.1 Å². The van der Waals surface area contributed by atoms with E-state index < -0.39 is 0 Å². The van der Waals surface area contributed by atoms with Gasteiger partial charge in [-0.3, -0.25) is 0 Å². The Balaban J connectivity index is 0.00000242. The van der Waals surface area contributed by atoms with Crippen LogP contribution in [-0.2, 0) is 5.75 Å². The Morgan fingerprint density at radius 3 is 2.64 bits per heavy atom. The largest absolute Gasteiger partial charge is 0.414 e. The van der Waals surface area contributed by atoms with Gasteiger partial charge in [-0.15, -0.1) is 22.6 Å². The van der Waals surface area contributed by atoms with Crippen LogP contribution in [-0.4, -0.2) is 10.2 Å². The first-order valence-electron chi connectivity index (χ1n) is 6.67. The number of halogens is 3. The molecule has 2 atom stereocenters. The van der Waals surface area contributed by atoms with Gasteiger partial charge >= 0.3 is 0 Å². The maximum atomic E-state index is 6.07. The molecule has 0 aliphatic carbocycles. The minimum atomic E-state index is -0.221. The molecule has 1 aromatic carbocycles. The maximum absolute atomic E-state index is 6.07. The molecule has 0 amide bonds. The highest BCUT2D eigenvalue weighted by Crippen LogP contribution is 2.28. The number of hydrogen-bond donors (Lipinski definition) is 1. The van der Waals surface area contributed by atoms with Crippen LogP contribution in [0.4, 0.5) is 0 Å². The number of aromatic nitrogens is 2. The topological polar surface area (TPSA) is 64.9 Å². The van der Waals surface area contributed by atoms with Crippen LogP contribution < -0.4 is 5.73 Å². The molecule has 1 unspecified atom stereocenters. The molecule has 22 heavy (non-hydrogen) atoms. The highest BCUT2D eigenvalue weighted by atomic mass is 35.5. The summed E-state index contributed by atoms with van der Waals surface area (Å²) in [6, 6.07) is 5.31. The van der Waals surface area contributed by atoms with Crippen LogP contribution in [0.1, 0.15) is 37.8 Å². The van der Waals surface area contributed by atoms with Gasteiger partial charge in [0.05, 0.1) is 16.1 Å². The molecule has 4 nitrogen and oxygen atoms in total. The summed E-state index contributed by atoms with van der Waals surface area (Å²) in [6.45, 7) is 4.15. The molecule has 1 heterocycles. The molecule has 122 valence electrons. The third-order valence-corrected chi connectivity index (χ3v) is 4.94. The van der Waals surface area contributed by atoms with E-state index in [0.717, 1.165) is 12.0 Å². The SMILES string of the molecule is CCC(C)[C@@H](N)c1nnc(SCc2ccc(Cl)c(Cl)c2)o1.Cl. The zero-order valence-electron chi connectivity index (χ0n) is 12.3. The van der Waals surface area contributed by atoms with E-state index in [-0.39, 0.29) is 18.4 Å². The van der Waals surface area contributed by atoms with E-state index >= 15 is 0 Å². The fourth-order valence-electron chi connectivity index (χ4n) is 1.69. The first-order chi connectivity index (χ1) is 10.0. The zero-order valence-corrected chi connectivity index (χ0v) is 15.4. The zero-order chi connectivity index (χ0) is 15.4. The van der Waals surface area contributed by atoms with E-state index in [1.165, 1.54) is 11.8 Å². The van der Waals surface area contributed by atoms with Crippen molar-refractivity contribution in [3.05, 3.63) is 39.7 Å². The lowest BCUT2D eigenvalue weighted by Gasteiger charge is -2.13. The van der Waals surface area contributed by atoms with Gasteiger partial charge in [0, 0.05) is 5.75 Å². The normalized spacial score (nSPS) is 13.5. The lowest BCUT2D eigenvalue weighted by molar-refractivity contribution is 0.333. The molecular weight excluding hydrogens is 365 g/mol. The van der Waals surface area contributed by atoms with E-state index in [1.54, 1.807) is 6.07 Å². The third kappa shape index (κ3) is 5.03. The fourth-order valence-corrected chi connectivity index (χ4v) is 2.72. The molecule has 0 fully saturated rings. The fraction of sp³-hybridized carbons (Fsp3) is 0.429. The third-order valence-electron chi connectivity index (χ3n) is 3.31. The molecule has 2 aromatic rings. The molecule has 1 aromatic heterocycles. The molecular formula is C14H18Cl3N3OS. The van der Waals surface area contributed by atoms with Crippen LogP contribution in [0.15, 0.2) is 27.8 Å². The number of hydrogen-bond acceptors (Lipinski definition) is 5. The average molecular weight is 383 g/mol. The van der Waals surface area contributed by atoms with E-state index in [9.17, 15) is 0 Å². The van der Waals surface area contributed by atoms with Crippen LogP contribution in [0.2, 0.25) is 10.0 Å². The molecule has 2 rings (SSSR count). The Morgan fingerprint density at radius 2 is 2.00 bits per heavy atom. The van der Waals surface area contributed by atoms with Gasteiger partial charge in [-0.2, -0.15) is 0 Å². The Bertz CT molecular complexity index is 609. The van der Waals surface area contributed by atoms with Gasteiger partial charge in [0.1, 0.15) is 0 Å². The number of rotatable bonds is 6. The van der Waals surface area contributed by atoms with Gasteiger partial charge in [-0.05, 0) is 23.6 Å². The highest BCUT2D eigenvalue weighted by molar-refractivity contribution is 7.98. The molecule has 0 spiro atoms. The molecule has 0 saturated heterocycles. The lowest BCUT2D eigenvalue weighted by atomic mass is 10.0. The summed E-state index contributed by atoms with van der Waals surface area (Å²) in [7, 11) is 0. The highest BCUT2D eigenvalue weighted by Gasteiger charge is 2.19. The van der Waals surface area contributed by atoms with Crippen molar-refractivity contribution in [1.82, 2.24) is 10.2 Å². The first kappa shape index (κ1) is 19.6. The van der Waals surface area contributed by atoms with Crippen LogP contribution >= 0.6 is 47.4 Å². The number of nitrogens with two attached hydrogens (primary N) is 1. The van der Waals surface area contributed by atoms with Crippen molar-refractivity contribution in [1.29, 1.82) is 0 Å². The monoisotopic (exact) mass is 381 g/mol. The Labute approximate surface area is 150 Å². The lowest BCUT2D eigenvalue weighted by Crippen LogP contribution is -2.18. The standard InChI is InChI=1S/C14H17Cl2N3OS.ClH/c1-3-8(2)12(17)13-18-19-14(20-13)21-7-9-4-5-10(15)11(16)6-9;/h4-6,8,12H,3,7,17H2,1-2H3;1H/t8?,12-;/m1./s1. The van der Waals surface area contributed by atoms with E-state index in [2.05, 4.69) is 24.0 Å². The number of nitrogens with zero attached hydrogens (tertiary/aromatic N) is 2. The second kappa shape index (κ2) is 8.99. The van der Waals surface area contributed by atoms with E-state index in [0.29, 0.717) is 32.8 Å². The van der Waals surface area contributed by atoms with Crippen LogP contribution in [0.5, 0.6) is 0 Å². The number of thioether (sulfide) groups is 1. The summed E-state index contributed by atoms with van der Waals surface area (Å²) in [5.74, 6) is 1.47. The van der Waals surface area contributed by atoms with Gasteiger partial charge in [0.25, 0.3) is 5.22 Å². The summed E-state index contributed by atoms with van der Waals surface area (Å²) in [5, 5.41) is 9.63. The summed E-state index contributed by atoms with van der Waals surface area (Å²) in [5.41, 5.74) is 7.11. The Kier molecular flexibility index (Phi) is 8.00. The summed E-state index contributed by atoms with van der Waals surface area (Å²) < 4.78 is 5.60. The van der Waals surface area contributed by atoms with Crippen LogP contribution in [0.3, 0.4) is 0 Å². The minimum absolute atomic E-state index is 0. The molecule has 0 saturated carbocycles. The number of benzene rings is 1.